The summed E-state index contributed by atoms with van der Waals surface area (Å²) in [4.78, 5) is 34.3. The van der Waals surface area contributed by atoms with Crippen LogP contribution in [0.15, 0.2) is 0 Å². The van der Waals surface area contributed by atoms with Gasteiger partial charge in [0.1, 0.15) is 0 Å². The first kappa shape index (κ1) is 17.9. The minimum Gasteiger partial charge on any atom is -0.469 e. The second kappa shape index (κ2) is 8.91. The molecule has 112 valence electrons. The van der Waals surface area contributed by atoms with Gasteiger partial charge in [0.15, 0.2) is 5.41 Å². The van der Waals surface area contributed by atoms with Crippen molar-refractivity contribution in [3.05, 3.63) is 0 Å². The molecule has 0 aromatic carbocycles. The maximum absolute atomic E-state index is 11.9. The highest BCUT2D eigenvalue weighted by molar-refractivity contribution is 5.82. The van der Waals surface area contributed by atoms with Crippen molar-refractivity contribution in [2.75, 3.05) is 20.8 Å². The van der Waals surface area contributed by atoms with Crippen molar-refractivity contribution in [2.45, 2.75) is 32.6 Å². The Morgan fingerprint density at radius 1 is 1.05 bits per heavy atom. The lowest BCUT2D eigenvalue weighted by atomic mass is 9.80. The maximum atomic E-state index is 11.9. The molecule has 7 nitrogen and oxygen atoms in total. The number of esters is 3. The van der Waals surface area contributed by atoms with Crippen molar-refractivity contribution in [2.24, 2.45) is 5.41 Å². The predicted molar refractivity (Wildman–Crippen MR) is 67.2 cm³/mol. The van der Waals surface area contributed by atoms with Crippen LogP contribution in [0.2, 0.25) is 0 Å². The van der Waals surface area contributed by atoms with Crippen LogP contribution in [-0.4, -0.2) is 38.7 Å². The van der Waals surface area contributed by atoms with Crippen molar-refractivity contribution in [3.8, 4) is 6.07 Å². The van der Waals surface area contributed by atoms with Crippen molar-refractivity contribution >= 4 is 17.9 Å². The van der Waals surface area contributed by atoms with Gasteiger partial charge in [0.05, 0.1) is 26.9 Å². The first-order valence-corrected chi connectivity index (χ1v) is 6.17. The van der Waals surface area contributed by atoms with Gasteiger partial charge in [-0.15, -0.1) is 0 Å². The summed E-state index contributed by atoms with van der Waals surface area (Å²) in [6.07, 6.45) is -0.341. The average Bonchev–Trinajstić information content (AvgIpc) is 2.47. The third kappa shape index (κ3) is 5.26. The van der Waals surface area contributed by atoms with E-state index in [0.717, 1.165) is 0 Å². The molecule has 0 aliphatic carbocycles. The molecular formula is C13H19NO6. The average molecular weight is 285 g/mol. The van der Waals surface area contributed by atoms with Crippen LogP contribution in [0, 0.1) is 16.7 Å². The first-order chi connectivity index (χ1) is 9.45. The molecule has 7 heteroatoms. The van der Waals surface area contributed by atoms with Gasteiger partial charge >= 0.3 is 17.9 Å². The zero-order valence-corrected chi connectivity index (χ0v) is 11.9. The minimum atomic E-state index is -1.54. The zero-order valence-electron chi connectivity index (χ0n) is 11.9. The summed E-state index contributed by atoms with van der Waals surface area (Å²) in [6.45, 7) is 1.72. The van der Waals surface area contributed by atoms with Crippen molar-refractivity contribution < 1.29 is 28.6 Å². The van der Waals surface area contributed by atoms with Crippen LogP contribution in [0.5, 0.6) is 0 Å². The summed E-state index contributed by atoms with van der Waals surface area (Å²) in [5, 5.41) is 9.29. The number of nitriles is 1. The minimum absolute atomic E-state index is 0.0635. The lowest BCUT2D eigenvalue weighted by Crippen LogP contribution is -2.33. The molecule has 20 heavy (non-hydrogen) atoms. The van der Waals surface area contributed by atoms with Gasteiger partial charge in [0.2, 0.25) is 0 Å². The number of hydrogen-bond acceptors (Lipinski definition) is 7. The molecule has 0 radical (unpaired) electrons. The zero-order chi connectivity index (χ0) is 15.6. The molecule has 0 N–H and O–H groups in total. The van der Waals surface area contributed by atoms with Gasteiger partial charge in [-0.3, -0.25) is 14.4 Å². The van der Waals surface area contributed by atoms with Crippen LogP contribution < -0.4 is 0 Å². The SMILES string of the molecule is CCOC(=O)C(C#N)(CCC(=O)OC)CCC(=O)OC. The highest BCUT2D eigenvalue weighted by Gasteiger charge is 2.41. The van der Waals surface area contributed by atoms with E-state index in [9.17, 15) is 19.6 Å². The van der Waals surface area contributed by atoms with Gasteiger partial charge in [0.25, 0.3) is 0 Å². The Labute approximate surface area is 117 Å². The molecule has 0 spiro atoms. The van der Waals surface area contributed by atoms with E-state index in [-0.39, 0.29) is 32.3 Å². The van der Waals surface area contributed by atoms with Crippen LogP contribution in [0.3, 0.4) is 0 Å². The fourth-order valence-electron chi connectivity index (χ4n) is 1.59. The quantitative estimate of drug-likeness (QED) is 0.483. The molecule has 0 saturated carbocycles. The molecule has 0 aromatic heterocycles. The van der Waals surface area contributed by atoms with Gasteiger partial charge < -0.3 is 14.2 Å². The third-order valence-corrected chi connectivity index (χ3v) is 2.85. The summed E-state index contributed by atoms with van der Waals surface area (Å²) in [7, 11) is 2.43. The van der Waals surface area contributed by atoms with Gasteiger partial charge in [0, 0.05) is 12.8 Å². The van der Waals surface area contributed by atoms with E-state index < -0.39 is 23.3 Å². The second-order valence-electron chi connectivity index (χ2n) is 4.07. The molecule has 0 atom stereocenters. The van der Waals surface area contributed by atoms with E-state index in [1.807, 2.05) is 6.07 Å². The molecule has 0 aromatic rings. The molecule has 0 bridgehead atoms. The van der Waals surface area contributed by atoms with Gasteiger partial charge in [-0.2, -0.15) is 5.26 Å². The van der Waals surface area contributed by atoms with Crippen LogP contribution >= 0.6 is 0 Å². The number of nitrogens with zero attached hydrogens (tertiary/aromatic N) is 1. The van der Waals surface area contributed by atoms with E-state index in [1.54, 1.807) is 6.92 Å². The van der Waals surface area contributed by atoms with Crippen LogP contribution in [0.4, 0.5) is 0 Å². The molecule has 0 amide bonds. The van der Waals surface area contributed by atoms with E-state index in [2.05, 4.69) is 9.47 Å². The van der Waals surface area contributed by atoms with Gasteiger partial charge in [-0.1, -0.05) is 0 Å². The highest BCUT2D eigenvalue weighted by Crippen LogP contribution is 2.31. The topological polar surface area (TPSA) is 103 Å². The monoisotopic (exact) mass is 285 g/mol. The van der Waals surface area contributed by atoms with E-state index in [4.69, 9.17) is 4.74 Å². The predicted octanol–water partition coefficient (Wildman–Crippen LogP) is 0.966. The number of carbonyl (C=O) groups excluding carboxylic acids is 3. The van der Waals surface area contributed by atoms with Crippen molar-refractivity contribution in [1.29, 1.82) is 5.26 Å². The summed E-state index contributed by atoms with van der Waals surface area (Å²) in [6, 6.07) is 1.87. The van der Waals surface area contributed by atoms with Crippen molar-refractivity contribution in [1.82, 2.24) is 0 Å². The van der Waals surface area contributed by atoms with Crippen LogP contribution in [0.1, 0.15) is 32.6 Å². The molecule has 0 aliphatic rings. The number of rotatable bonds is 8. The Bertz CT molecular complexity index is 378. The normalized spacial score (nSPS) is 10.3. The Balaban J connectivity index is 4.97. The number of carbonyl (C=O) groups is 3. The molecule has 0 saturated heterocycles. The molecular weight excluding hydrogens is 266 g/mol. The standard InChI is InChI=1S/C13H19NO6/c1-4-20-12(17)13(9-14,7-5-10(15)18-2)8-6-11(16)19-3/h4-8H2,1-3H3. The Morgan fingerprint density at radius 2 is 1.50 bits per heavy atom. The maximum Gasteiger partial charge on any atom is 0.326 e. The Morgan fingerprint density at radius 3 is 1.80 bits per heavy atom. The number of methoxy groups -OCH3 is 2. The Hall–Kier alpha value is -2.10. The lowest BCUT2D eigenvalue weighted by molar-refractivity contribution is -0.154. The van der Waals surface area contributed by atoms with Gasteiger partial charge in [-0.05, 0) is 19.8 Å². The summed E-state index contributed by atoms with van der Waals surface area (Å²) < 4.78 is 13.8. The highest BCUT2D eigenvalue weighted by atomic mass is 16.5. The first-order valence-electron chi connectivity index (χ1n) is 6.17. The lowest BCUT2D eigenvalue weighted by Gasteiger charge is -2.23. The molecule has 0 heterocycles. The smallest absolute Gasteiger partial charge is 0.326 e. The summed E-state index contributed by atoms with van der Waals surface area (Å²) in [5.74, 6) is -1.81. The molecule has 0 fully saturated rings. The summed E-state index contributed by atoms with van der Waals surface area (Å²) in [5.41, 5.74) is -1.54. The number of ether oxygens (including phenoxy) is 3. The second-order valence-corrected chi connectivity index (χ2v) is 4.07. The third-order valence-electron chi connectivity index (χ3n) is 2.85. The summed E-state index contributed by atoms with van der Waals surface area (Å²) >= 11 is 0. The van der Waals surface area contributed by atoms with E-state index >= 15 is 0 Å². The fraction of sp³-hybridized carbons (Fsp3) is 0.692. The van der Waals surface area contributed by atoms with Crippen molar-refractivity contribution in [3.63, 3.8) is 0 Å². The Kier molecular flexibility index (Phi) is 7.97. The molecule has 0 rings (SSSR count). The molecule has 0 aliphatic heterocycles. The largest absolute Gasteiger partial charge is 0.469 e. The fourth-order valence-corrected chi connectivity index (χ4v) is 1.59. The van der Waals surface area contributed by atoms with Gasteiger partial charge in [-0.25, -0.2) is 0 Å². The molecule has 0 unspecified atom stereocenters. The van der Waals surface area contributed by atoms with Crippen LogP contribution in [0.25, 0.3) is 0 Å². The number of hydrogen-bond donors (Lipinski definition) is 0. The van der Waals surface area contributed by atoms with Crippen LogP contribution in [-0.2, 0) is 28.6 Å². The van der Waals surface area contributed by atoms with E-state index in [1.165, 1.54) is 14.2 Å². The van der Waals surface area contributed by atoms with E-state index in [0.29, 0.717) is 0 Å².